The van der Waals surface area contributed by atoms with E-state index in [0.29, 0.717) is 16.8 Å². The zero-order chi connectivity index (χ0) is 13.8. The lowest BCUT2D eigenvalue weighted by Crippen LogP contribution is -2.00. The van der Waals surface area contributed by atoms with Gasteiger partial charge in [0, 0.05) is 6.54 Å². The predicted octanol–water partition coefficient (Wildman–Crippen LogP) is 3.93. The van der Waals surface area contributed by atoms with Gasteiger partial charge in [-0.1, -0.05) is 0 Å². The molecule has 1 heterocycles. The predicted molar refractivity (Wildman–Crippen MR) is 81.6 cm³/mol. The zero-order valence-electron chi connectivity index (χ0n) is 10.2. The van der Waals surface area contributed by atoms with Gasteiger partial charge in [-0.2, -0.15) is 0 Å². The van der Waals surface area contributed by atoms with Crippen LogP contribution in [0.2, 0.25) is 0 Å². The molecule has 100 valence electrons. The SMILES string of the molecule is COc1cc(CNc2ccc(Br)nc2)cc(Br)c1O. The second-order valence-electron chi connectivity index (χ2n) is 3.85. The first-order valence-electron chi connectivity index (χ1n) is 5.51. The fourth-order valence-electron chi connectivity index (χ4n) is 1.57. The number of aromatic hydroxyl groups is 1. The third kappa shape index (κ3) is 3.61. The van der Waals surface area contributed by atoms with Gasteiger partial charge in [-0.3, -0.25) is 0 Å². The molecule has 0 saturated carbocycles. The van der Waals surface area contributed by atoms with Gasteiger partial charge in [0.25, 0.3) is 0 Å². The molecule has 0 saturated heterocycles. The number of nitrogens with zero attached hydrogens (tertiary/aromatic N) is 1. The Labute approximate surface area is 128 Å². The Balaban J connectivity index is 2.11. The number of pyridine rings is 1. The molecule has 0 atom stereocenters. The van der Waals surface area contributed by atoms with Crippen molar-refractivity contribution in [2.45, 2.75) is 6.54 Å². The van der Waals surface area contributed by atoms with Gasteiger partial charge in [-0.15, -0.1) is 0 Å². The topological polar surface area (TPSA) is 54.4 Å². The number of benzene rings is 1. The van der Waals surface area contributed by atoms with Gasteiger partial charge in [-0.05, 0) is 61.7 Å². The smallest absolute Gasteiger partial charge is 0.172 e. The molecule has 0 unspecified atom stereocenters. The highest BCUT2D eigenvalue weighted by molar-refractivity contribution is 9.10. The average molecular weight is 388 g/mol. The molecule has 1 aromatic carbocycles. The lowest BCUT2D eigenvalue weighted by Gasteiger charge is -2.10. The van der Waals surface area contributed by atoms with Crippen molar-refractivity contribution in [2.75, 3.05) is 12.4 Å². The van der Waals surface area contributed by atoms with Crippen LogP contribution in [0.15, 0.2) is 39.5 Å². The molecule has 0 fully saturated rings. The molecule has 2 aromatic rings. The maximum absolute atomic E-state index is 9.73. The van der Waals surface area contributed by atoms with Crippen LogP contribution in [0.1, 0.15) is 5.56 Å². The number of nitrogens with one attached hydrogen (secondary N) is 1. The first kappa shape index (κ1) is 14.1. The molecule has 4 nitrogen and oxygen atoms in total. The first-order chi connectivity index (χ1) is 9.10. The highest BCUT2D eigenvalue weighted by Gasteiger charge is 2.08. The van der Waals surface area contributed by atoms with Crippen LogP contribution in [-0.2, 0) is 6.54 Å². The average Bonchev–Trinajstić information content (AvgIpc) is 2.41. The van der Waals surface area contributed by atoms with Gasteiger partial charge in [0.2, 0.25) is 0 Å². The molecule has 0 radical (unpaired) electrons. The molecule has 6 heteroatoms. The summed E-state index contributed by atoms with van der Waals surface area (Å²) in [5.41, 5.74) is 1.91. The molecule has 0 aliphatic carbocycles. The van der Waals surface area contributed by atoms with Crippen LogP contribution < -0.4 is 10.1 Å². The van der Waals surface area contributed by atoms with E-state index in [4.69, 9.17) is 4.74 Å². The summed E-state index contributed by atoms with van der Waals surface area (Å²) in [4.78, 5) is 4.14. The van der Waals surface area contributed by atoms with E-state index < -0.39 is 0 Å². The van der Waals surface area contributed by atoms with Gasteiger partial charge < -0.3 is 15.2 Å². The number of aromatic nitrogens is 1. The number of phenolic OH excluding ortho intramolecular Hbond substituents is 1. The van der Waals surface area contributed by atoms with Crippen molar-refractivity contribution in [3.63, 3.8) is 0 Å². The standard InChI is InChI=1S/C13H12Br2N2O2/c1-19-11-5-8(4-10(14)13(11)18)6-16-9-2-3-12(15)17-7-9/h2-5,7,16,18H,6H2,1H3. The Kier molecular flexibility index (Phi) is 4.66. The van der Waals surface area contributed by atoms with Crippen LogP contribution in [0, 0.1) is 0 Å². The molecule has 0 aliphatic rings. The number of halogens is 2. The Morgan fingerprint density at radius 3 is 2.74 bits per heavy atom. The second kappa shape index (κ2) is 6.25. The van der Waals surface area contributed by atoms with Crippen molar-refractivity contribution in [1.82, 2.24) is 4.98 Å². The molecular weight excluding hydrogens is 376 g/mol. The van der Waals surface area contributed by atoms with Crippen LogP contribution >= 0.6 is 31.9 Å². The summed E-state index contributed by atoms with van der Waals surface area (Å²) in [6.07, 6.45) is 1.75. The van der Waals surface area contributed by atoms with Crippen molar-refractivity contribution in [3.05, 3.63) is 45.1 Å². The van der Waals surface area contributed by atoms with Crippen LogP contribution in [0.4, 0.5) is 5.69 Å². The van der Waals surface area contributed by atoms with E-state index >= 15 is 0 Å². The number of phenols is 1. The Hall–Kier alpha value is -1.27. The molecular formula is C13H12Br2N2O2. The number of anilines is 1. The lowest BCUT2D eigenvalue weighted by atomic mass is 10.2. The van der Waals surface area contributed by atoms with E-state index in [1.807, 2.05) is 18.2 Å². The molecule has 1 aromatic heterocycles. The molecule has 0 aliphatic heterocycles. The normalized spacial score (nSPS) is 10.3. The number of hydrogen-bond donors (Lipinski definition) is 2. The van der Waals surface area contributed by atoms with Crippen molar-refractivity contribution in [3.8, 4) is 11.5 Å². The summed E-state index contributed by atoms with van der Waals surface area (Å²) in [5.74, 6) is 0.552. The van der Waals surface area contributed by atoms with E-state index in [1.54, 1.807) is 12.3 Å². The van der Waals surface area contributed by atoms with Crippen LogP contribution in [-0.4, -0.2) is 17.2 Å². The summed E-state index contributed by atoms with van der Waals surface area (Å²) >= 11 is 6.59. The van der Waals surface area contributed by atoms with Crippen LogP contribution in [0.3, 0.4) is 0 Å². The fourth-order valence-corrected chi connectivity index (χ4v) is 2.29. The summed E-state index contributed by atoms with van der Waals surface area (Å²) in [6, 6.07) is 7.44. The summed E-state index contributed by atoms with van der Waals surface area (Å²) < 4.78 is 6.52. The highest BCUT2D eigenvalue weighted by atomic mass is 79.9. The van der Waals surface area contributed by atoms with Crippen LogP contribution in [0.5, 0.6) is 11.5 Å². The van der Waals surface area contributed by atoms with Crippen molar-refractivity contribution >= 4 is 37.5 Å². The first-order valence-corrected chi connectivity index (χ1v) is 7.09. The Bertz CT molecular complexity index is 574. The number of ether oxygens (including phenoxy) is 1. The third-order valence-electron chi connectivity index (χ3n) is 2.53. The molecule has 0 spiro atoms. The maximum Gasteiger partial charge on any atom is 0.172 e. The quantitative estimate of drug-likeness (QED) is 0.780. The molecule has 2 rings (SSSR count). The van der Waals surface area contributed by atoms with Gasteiger partial charge in [0.15, 0.2) is 11.5 Å². The van der Waals surface area contributed by atoms with Gasteiger partial charge in [-0.25, -0.2) is 4.98 Å². The Morgan fingerprint density at radius 1 is 1.32 bits per heavy atom. The minimum absolute atomic E-state index is 0.108. The second-order valence-corrected chi connectivity index (χ2v) is 5.52. The van der Waals surface area contributed by atoms with Crippen molar-refractivity contribution < 1.29 is 9.84 Å². The van der Waals surface area contributed by atoms with E-state index in [1.165, 1.54) is 7.11 Å². The van der Waals surface area contributed by atoms with E-state index in [2.05, 4.69) is 42.2 Å². The van der Waals surface area contributed by atoms with Gasteiger partial charge in [0.05, 0.1) is 23.5 Å². The minimum atomic E-state index is 0.108. The minimum Gasteiger partial charge on any atom is -0.503 e. The monoisotopic (exact) mass is 386 g/mol. The summed E-state index contributed by atoms with van der Waals surface area (Å²) in [5, 5.41) is 13.0. The zero-order valence-corrected chi connectivity index (χ0v) is 13.3. The van der Waals surface area contributed by atoms with Gasteiger partial charge >= 0.3 is 0 Å². The third-order valence-corrected chi connectivity index (χ3v) is 3.61. The van der Waals surface area contributed by atoms with E-state index in [0.717, 1.165) is 15.9 Å². The lowest BCUT2D eigenvalue weighted by molar-refractivity contribution is 0.371. The Morgan fingerprint density at radius 2 is 2.11 bits per heavy atom. The number of hydrogen-bond acceptors (Lipinski definition) is 4. The van der Waals surface area contributed by atoms with Crippen molar-refractivity contribution in [2.24, 2.45) is 0 Å². The molecule has 2 N–H and O–H groups in total. The van der Waals surface area contributed by atoms with E-state index in [9.17, 15) is 5.11 Å². The van der Waals surface area contributed by atoms with Crippen molar-refractivity contribution in [1.29, 1.82) is 0 Å². The summed E-state index contributed by atoms with van der Waals surface area (Å²) in [6.45, 7) is 0.610. The maximum atomic E-state index is 9.73. The highest BCUT2D eigenvalue weighted by Crippen LogP contribution is 2.35. The summed E-state index contributed by atoms with van der Waals surface area (Å²) in [7, 11) is 1.53. The molecule has 0 amide bonds. The van der Waals surface area contributed by atoms with E-state index in [-0.39, 0.29) is 5.75 Å². The largest absolute Gasteiger partial charge is 0.503 e. The fraction of sp³-hybridized carbons (Fsp3) is 0.154. The van der Waals surface area contributed by atoms with Crippen LogP contribution in [0.25, 0.3) is 0 Å². The molecule has 0 bridgehead atoms. The number of methoxy groups -OCH3 is 1. The molecule has 19 heavy (non-hydrogen) atoms. The number of rotatable bonds is 4. The van der Waals surface area contributed by atoms with Gasteiger partial charge in [0.1, 0.15) is 4.60 Å².